The Balaban J connectivity index is 1.54. The lowest BCUT2D eigenvalue weighted by atomic mass is 10.2. The molecule has 104 valence electrons. The predicted molar refractivity (Wildman–Crippen MR) is 77.5 cm³/mol. The van der Waals surface area contributed by atoms with Crippen LogP contribution in [0.3, 0.4) is 0 Å². The van der Waals surface area contributed by atoms with E-state index in [4.69, 9.17) is 0 Å². The number of urea groups is 1. The van der Waals surface area contributed by atoms with Crippen LogP contribution >= 0.6 is 0 Å². The molecule has 1 saturated carbocycles. The molecule has 1 aromatic carbocycles. The summed E-state index contributed by atoms with van der Waals surface area (Å²) in [5.74, 6) is 0.666. The van der Waals surface area contributed by atoms with Crippen LogP contribution in [0.15, 0.2) is 36.4 Å². The van der Waals surface area contributed by atoms with Gasteiger partial charge in [0.25, 0.3) is 0 Å². The van der Waals surface area contributed by atoms with Crippen molar-refractivity contribution < 1.29 is 4.79 Å². The number of hydrogen-bond donors (Lipinski definition) is 2. The van der Waals surface area contributed by atoms with E-state index >= 15 is 0 Å². The van der Waals surface area contributed by atoms with Crippen LogP contribution in [0.25, 0.3) is 0 Å². The lowest BCUT2D eigenvalue weighted by Crippen LogP contribution is -2.28. The molecule has 1 fully saturated rings. The normalized spacial score (nSPS) is 14.1. The molecule has 0 spiro atoms. The second kappa shape index (κ2) is 5.36. The first-order chi connectivity index (χ1) is 9.72. The van der Waals surface area contributed by atoms with Crippen LogP contribution in [-0.4, -0.2) is 15.8 Å². The Hall–Kier alpha value is -2.30. The average molecular weight is 270 g/mol. The van der Waals surface area contributed by atoms with Crippen molar-refractivity contribution in [2.24, 2.45) is 7.05 Å². The third-order valence-electron chi connectivity index (χ3n) is 3.42. The highest BCUT2D eigenvalue weighted by atomic mass is 16.2. The van der Waals surface area contributed by atoms with E-state index in [0.29, 0.717) is 12.5 Å². The number of para-hydroxylation sites is 1. The predicted octanol–water partition coefficient (Wildman–Crippen LogP) is 2.62. The zero-order chi connectivity index (χ0) is 13.9. The summed E-state index contributed by atoms with van der Waals surface area (Å²) in [4.78, 5) is 11.8. The van der Waals surface area contributed by atoms with Gasteiger partial charge in [0, 0.05) is 24.3 Å². The molecule has 0 saturated heterocycles. The number of nitrogens with zero attached hydrogens (tertiary/aromatic N) is 2. The summed E-state index contributed by atoms with van der Waals surface area (Å²) in [6.07, 6.45) is 2.50. The molecule has 2 amide bonds. The van der Waals surface area contributed by atoms with E-state index in [1.165, 1.54) is 18.5 Å². The fourth-order valence-corrected chi connectivity index (χ4v) is 2.26. The highest BCUT2D eigenvalue weighted by Gasteiger charge is 2.27. The van der Waals surface area contributed by atoms with Gasteiger partial charge < -0.3 is 10.6 Å². The van der Waals surface area contributed by atoms with Gasteiger partial charge in [0.05, 0.1) is 12.2 Å². The minimum Gasteiger partial charge on any atom is -0.332 e. The van der Waals surface area contributed by atoms with E-state index in [-0.39, 0.29) is 6.03 Å². The SMILES string of the molecule is Cn1nc(CNC(=O)Nc2ccccc2)cc1C1CC1. The van der Waals surface area contributed by atoms with Crippen molar-refractivity contribution in [1.29, 1.82) is 0 Å². The average Bonchev–Trinajstić information content (AvgIpc) is 3.21. The van der Waals surface area contributed by atoms with Gasteiger partial charge in [-0.15, -0.1) is 0 Å². The number of carbonyl (C=O) groups is 1. The molecule has 0 radical (unpaired) electrons. The molecule has 0 bridgehead atoms. The number of aromatic nitrogens is 2. The molecule has 1 heterocycles. The van der Waals surface area contributed by atoms with Crippen molar-refractivity contribution in [3.05, 3.63) is 47.8 Å². The van der Waals surface area contributed by atoms with E-state index < -0.39 is 0 Å². The van der Waals surface area contributed by atoms with Crippen molar-refractivity contribution in [1.82, 2.24) is 15.1 Å². The summed E-state index contributed by atoms with van der Waals surface area (Å²) in [5.41, 5.74) is 2.95. The second-order valence-corrected chi connectivity index (χ2v) is 5.13. The van der Waals surface area contributed by atoms with E-state index in [2.05, 4.69) is 21.8 Å². The number of aryl methyl sites for hydroxylation is 1. The molecule has 2 aromatic rings. The topological polar surface area (TPSA) is 59.0 Å². The summed E-state index contributed by atoms with van der Waals surface area (Å²) in [6.45, 7) is 0.444. The van der Waals surface area contributed by atoms with Crippen LogP contribution in [0, 0.1) is 0 Å². The van der Waals surface area contributed by atoms with E-state index in [9.17, 15) is 4.79 Å². The molecular weight excluding hydrogens is 252 g/mol. The third kappa shape index (κ3) is 2.99. The lowest BCUT2D eigenvalue weighted by molar-refractivity contribution is 0.251. The van der Waals surface area contributed by atoms with Gasteiger partial charge in [-0.3, -0.25) is 4.68 Å². The molecule has 0 atom stereocenters. The molecule has 1 aliphatic rings. The van der Waals surface area contributed by atoms with Crippen LogP contribution in [0.2, 0.25) is 0 Å². The van der Waals surface area contributed by atoms with Crippen LogP contribution < -0.4 is 10.6 Å². The van der Waals surface area contributed by atoms with Crippen molar-refractivity contribution in [2.45, 2.75) is 25.3 Å². The van der Waals surface area contributed by atoms with Gasteiger partial charge in [-0.1, -0.05) is 18.2 Å². The fraction of sp³-hybridized carbons (Fsp3) is 0.333. The van der Waals surface area contributed by atoms with Crippen molar-refractivity contribution in [3.8, 4) is 0 Å². The molecular formula is C15H18N4O. The molecule has 0 aliphatic heterocycles. The summed E-state index contributed by atoms with van der Waals surface area (Å²) >= 11 is 0. The molecule has 2 N–H and O–H groups in total. The van der Waals surface area contributed by atoms with E-state index in [1.807, 2.05) is 42.1 Å². The first-order valence-electron chi connectivity index (χ1n) is 6.85. The highest BCUT2D eigenvalue weighted by molar-refractivity contribution is 5.89. The van der Waals surface area contributed by atoms with Gasteiger partial charge in [0.15, 0.2) is 0 Å². The Morgan fingerprint density at radius 2 is 2.10 bits per heavy atom. The maximum absolute atomic E-state index is 11.8. The smallest absolute Gasteiger partial charge is 0.319 e. The zero-order valence-electron chi connectivity index (χ0n) is 11.5. The summed E-state index contributed by atoms with van der Waals surface area (Å²) in [6, 6.07) is 11.3. The van der Waals surface area contributed by atoms with Gasteiger partial charge in [0.2, 0.25) is 0 Å². The van der Waals surface area contributed by atoms with Crippen molar-refractivity contribution >= 4 is 11.7 Å². The molecule has 20 heavy (non-hydrogen) atoms. The van der Waals surface area contributed by atoms with Crippen LogP contribution in [0.4, 0.5) is 10.5 Å². The molecule has 1 aliphatic carbocycles. The van der Waals surface area contributed by atoms with Gasteiger partial charge in [-0.25, -0.2) is 4.79 Å². The third-order valence-corrected chi connectivity index (χ3v) is 3.42. The largest absolute Gasteiger partial charge is 0.332 e. The minimum atomic E-state index is -0.213. The Labute approximate surface area is 118 Å². The fourth-order valence-electron chi connectivity index (χ4n) is 2.26. The summed E-state index contributed by atoms with van der Waals surface area (Å²) in [5, 5.41) is 10.0. The maximum atomic E-state index is 11.8. The van der Waals surface area contributed by atoms with Gasteiger partial charge in [-0.05, 0) is 31.0 Å². The molecule has 1 aromatic heterocycles. The Bertz CT molecular complexity index is 602. The number of rotatable bonds is 4. The Kier molecular flexibility index (Phi) is 3.41. The van der Waals surface area contributed by atoms with Gasteiger partial charge >= 0.3 is 6.03 Å². The zero-order valence-corrected chi connectivity index (χ0v) is 11.5. The van der Waals surface area contributed by atoms with Crippen LogP contribution in [-0.2, 0) is 13.6 Å². The number of carbonyl (C=O) groups excluding carboxylic acids is 1. The van der Waals surface area contributed by atoms with Crippen molar-refractivity contribution in [2.75, 3.05) is 5.32 Å². The molecule has 5 nitrogen and oxygen atoms in total. The molecule has 0 unspecified atom stereocenters. The van der Waals surface area contributed by atoms with Crippen LogP contribution in [0.1, 0.15) is 30.1 Å². The van der Waals surface area contributed by atoms with E-state index in [0.717, 1.165) is 11.4 Å². The lowest BCUT2D eigenvalue weighted by Gasteiger charge is -2.05. The standard InChI is InChI=1S/C15H18N4O/c1-19-14(11-7-8-11)9-13(18-19)10-16-15(20)17-12-5-3-2-4-6-12/h2-6,9,11H,7-8,10H2,1H3,(H2,16,17,20). The monoisotopic (exact) mass is 270 g/mol. The number of amides is 2. The number of nitrogens with one attached hydrogen (secondary N) is 2. The summed E-state index contributed by atoms with van der Waals surface area (Å²) in [7, 11) is 1.96. The highest BCUT2D eigenvalue weighted by Crippen LogP contribution is 2.39. The van der Waals surface area contributed by atoms with Crippen molar-refractivity contribution in [3.63, 3.8) is 0 Å². The van der Waals surface area contributed by atoms with Gasteiger partial charge in [-0.2, -0.15) is 5.10 Å². The number of hydrogen-bond acceptors (Lipinski definition) is 2. The Morgan fingerprint density at radius 1 is 1.35 bits per heavy atom. The number of benzene rings is 1. The molecule has 5 heteroatoms. The Morgan fingerprint density at radius 3 is 2.80 bits per heavy atom. The maximum Gasteiger partial charge on any atom is 0.319 e. The first kappa shape index (κ1) is 12.7. The minimum absolute atomic E-state index is 0.213. The van der Waals surface area contributed by atoms with Crippen LogP contribution in [0.5, 0.6) is 0 Å². The van der Waals surface area contributed by atoms with E-state index in [1.54, 1.807) is 0 Å². The molecule has 3 rings (SSSR count). The quantitative estimate of drug-likeness (QED) is 0.897. The number of anilines is 1. The van der Waals surface area contributed by atoms with Gasteiger partial charge in [0.1, 0.15) is 0 Å². The second-order valence-electron chi connectivity index (χ2n) is 5.13. The summed E-state index contributed by atoms with van der Waals surface area (Å²) < 4.78 is 1.92. The first-order valence-corrected chi connectivity index (χ1v) is 6.85.